The summed E-state index contributed by atoms with van der Waals surface area (Å²) >= 11 is 0. The second-order valence-electron chi connectivity index (χ2n) is 7.83. The van der Waals surface area contributed by atoms with Gasteiger partial charge in [-0.05, 0) is 52.9 Å². The summed E-state index contributed by atoms with van der Waals surface area (Å²) in [5.74, 6) is 0. The first-order chi connectivity index (χ1) is 11.6. The van der Waals surface area contributed by atoms with Crippen molar-refractivity contribution in [2.75, 3.05) is 6.54 Å². The van der Waals surface area contributed by atoms with Gasteiger partial charge >= 0.3 is 6.09 Å². The molecule has 0 aliphatic heterocycles. The molecule has 1 amide bonds. The monoisotopic (exact) mass is 374 g/mol. The Kier molecular flexibility index (Phi) is 7.93. The SMILES string of the molecule is C=CCCCCCCCCNS(=O)(=O)C1(N(C(=O)O)C(C)(C)C)CC1. The summed E-state index contributed by atoms with van der Waals surface area (Å²) in [6, 6.07) is 0. The quantitative estimate of drug-likeness (QED) is 0.398. The first-order valence-corrected chi connectivity index (χ1v) is 10.7. The fourth-order valence-electron chi connectivity index (χ4n) is 3.25. The van der Waals surface area contributed by atoms with Gasteiger partial charge in [-0.25, -0.2) is 17.9 Å². The molecule has 1 aliphatic rings. The van der Waals surface area contributed by atoms with Gasteiger partial charge in [0, 0.05) is 12.1 Å². The van der Waals surface area contributed by atoms with E-state index >= 15 is 0 Å². The van der Waals surface area contributed by atoms with Crippen molar-refractivity contribution in [2.45, 2.75) is 89.0 Å². The zero-order chi connectivity index (χ0) is 19.1. The van der Waals surface area contributed by atoms with Crippen LogP contribution in [0, 0.1) is 0 Å². The second-order valence-corrected chi connectivity index (χ2v) is 9.89. The number of unbranched alkanes of at least 4 members (excludes halogenated alkanes) is 6. The Morgan fingerprint density at radius 1 is 1.16 bits per heavy atom. The van der Waals surface area contributed by atoms with Crippen LogP contribution in [0.1, 0.15) is 78.6 Å². The van der Waals surface area contributed by atoms with Crippen molar-refractivity contribution in [3.63, 3.8) is 0 Å². The summed E-state index contributed by atoms with van der Waals surface area (Å²) in [5.41, 5.74) is -0.761. The van der Waals surface area contributed by atoms with Gasteiger partial charge in [-0.3, -0.25) is 4.90 Å². The lowest BCUT2D eigenvalue weighted by Crippen LogP contribution is -2.58. The number of nitrogens with one attached hydrogen (secondary N) is 1. The Balaban J connectivity index is 2.45. The number of sulfonamides is 1. The van der Waals surface area contributed by atoms with Gasteiger partial charge in [0.15, 0.2) is 4.87 Å². The summed E-state index contributed by atoms with van der Waals surface area (Å²) < 4.78 is 28.0. The van der Waals surface area contributed by atoms with Crippen molar-refractivity contribution in [1.82, 2.24) is 9.62 Å². The molecule has 0 aromatic heterocycles. The molecule has 0 heterocycles. The van der Waals surface area contributed by atoms with Crippen LogP contribution in [-0.4, -0.2) is 41.5 Å². The van der Waals surface area contributed by atoms with Crippen LogP contribution in [0.25, 0.3) is 0 Å². The highest BCUT2D eigenvalue weighted by atomic mass is 32.2. The Morgan fingerprint density at radius 3 is 2.12 bits per heavy atom. The van der Waals surface area contributed by atoms with Gasteiger partial charge in [-0.15, -0.1) is 6.58 Å². The minimum absolute atomic E-state index is 0.356. The van der Waals surface area contributed by atoms with Crippen molar-refractivity contribution < 1.29 is 18.3 Å². The smallest absolute Gasteiger partial charge is 0.409 e. The number of carbonyl (C=O) groups is 1. The molecule has 0 bridgehead atoms. The minimum Gasteiger partial charge on any atom is -0.465 e. The predicted molar refractivity (Wildman–Crippen MR) is 101 cm³/mol. The van der Waals surface area contributed by atoms with Crippen LogP contribution in [0.15, 0.2) is 12.7 Å². The maximum Gasteiger partial charge on any atom is 0.409 e. The van der Waals surface area contributed by atoms with Crippen molar-refractivity contribution in [2.24, 2.45) is 0 Å². The van der Waals surface area contributed by atoms with E-state index in [1.54, 1.807) is 20.8 Å². The molecule has 1 rings (SSSR count). The average molecular weight is 375 g/mol. The van der Waals surface area contributed by atoms with E-state index in [1.807, 2.05) is 6.08 Å². The molecular weight excluding hydrogens is 340 g/mol. The van der Waals surface area contributed by atoms with Crippen molar-refractivity contribution in [1.29, 1.82) is 0 Å². The molecule has 0 saturated heterocycles. The third kappa shape index (κ3) is 5.99. The van der Waals surface area contributed by atoms with E-state index in [-0.39, 0.29) is 0 Å². The normalized spacial score (nSPS) is 16.4. The van der Waals surface area contributed by atoms with Crippen LogP contribution in [-0.2, 0) is 10.0 Å². The van der Waals surface area contributed by atoms with Crippen LogP contribution in [0.5, 0.6) is 0 Å². The highest BCUT2D eigenvalue weighted by molar-refractivity contribution is 7.91. The molecule has 0 spiro atoms. The van der Waals surface area contributed by atoms with Gasteiger partial charge in [-0.1, -0.05) is 31.8 Å². The fraction of sp³-hybridized carbons (Fsp3) is 0.833. The van der Waals surface area contributed by atoms with E-state index in [2.05, 4.69) is 11.3 Å². The van der Waals surface area contributed by atoms with E-state index in [0.29, 0.717) is 19.4 Å². The van der Waals surface area contributed by atoms with E-state index in [4.69, 9.17) is 0 Å². The Morgan fingerprint density at radius 2 is 1.68 bits per heavy atom. The maximum absolute atomic E-state index is 12.7. The molecular formula is C18H34N2O4S. The number of nitrogens with zero attached hydrogens (tertiary/aromatic N) is 1. The lowest BCUT2D eigenvalue weighted by molar-refractivity contribution is 0.0839. The van der Waals surface area contributed by atoms with Crippen LogP contribution in [0.3, 0.4) is 0 Å². The molecule has 0 aromatic rings. The summed E-state index contributed by atoms with van der Waals surface area (Å²) in [6.07, 6.45) is 8.85. The van der Waals surface area contributed by atoms with Gasteiger partial charge in [0.25, 0.3) is 0 Å². The van der Waals surface area contributed by atoms with E-state index in [0.717, 1.165) is 43.4 Å². The largest absolute Gasteiger partial charge is 0.465 e. The first kappa shape index (κ1) is 22.0. The molecule has 0 radical (unpaired) electrons. The van der Waals surface area contributed by atoms with Crippen molar-refractivity contribution >= 4 is 16.1 Å². The van der Waals surface area contributed by atoms with Gasteiger partial charge in [-0.2, -0.15) is 0 Å². The van der Waals surface area contributed by atoms with Crippen LogP contribution < -0.4 is 4.72 Å². The third-order valence-corrected chi connectivity index (χ3v) is 6.75. The minimum atomic E-state index is -3.70. The van der Waals surface area contributed by atoms with E-state index in [9.17, 15) is 18.3 Å². The first-order valence-electron chi connectivity index (χ1n) is 9.22. The van der Waals surface area contributed by atoms with Crippen molar-refractivity contribution in [3.05, 3.63) is 12.7 Å². The van der Waals surface area contributed by atoms with E-state index in [1.165, 1.54) is 6.42 Å². The standard InChI is InChI=1S/C18H34N2O4S/c1-5-6-7-8-9-10-11-12-15-19-25(23,24)18(13-14-18)20(16(21)22)17(2,3)4/h5,19H,1,6-15H2,2-4H3,(H,21,22). The molecule has 0 unspecified atom stereocenters. The zero-order valence-corrected chi connectivity index (χ0v) is 16.7. The number of rotatable bonds is 12. The molecule has 0 atom stereocenters. The Labute approximate surface area is 152 Å². The number of hydrogen-bond donors (Lipinski definition) is 2. The summed E-state index contributed by atoms with van der Waals surface area (Å²) in [4.78, 5) is 11.4. The number of allylic oxidation sites excluding steroid dienone is 1. The molecule has 7 heteroatoms. The van der Waals surface area contributed by atoms with Crippen LogP contribution >= 0.6 is 0 Å². The lowest BCUT2D eigenvalue weighted by Gasteiger charge is -2.39. The summed E-state index contributed by atoms with van der Waals surface area (Å²) in [6.45, 7) is 9.24. The average Bonchev–Trinajstić information content (AvgIpc) is 3.25. The van der Waals surface area contributed by atoms with E-state index < -0.39 is 26.5 Å². The van der Waals surface area contributed by atoms with Gasteiger partial charge in [0.2, 0.25) is 10.0 Å². The summed E-state index contributed by atoms with van der Waals surface area (Å²) in [7, 11) is -3.70. The van der Waals surface area contributed by atoms with Crippen molar-refractivity contribution in [3.8, 4) is 0 Å². The number of amides is 1. The third-order valence-electron chi connectivity index (χ3n) is 4.57. The summed E-state index contributed by atoms with van der Waals surface area (Å²) in [5, 5.41) is 9.51. The molecule has 146 valence electrons. The number of hydrogen-bond acceptors (Lipinski definition) is 3. The molecule has 25 heavy (non-hydrogen) atoms. The fourth-order valence-corrected chi connectivity index (χ4v) is 5.17. The van der Waals surface area contributed by atoms with Gasteiger partial charge < -0.3 is 5.11 Å². The molecule has 0 aromatic carbocycles. The lowest BCUT2D eigenvalue weighted by atomic mass is 10.1. The highest BCUT2D eigenvalue weighted by Crippen LogP contribution is 2.49. The predicted octanol–water partition coefficient (Wildman–Crippen LogP) is 4.09. The zero-order valence-electron chi connectivity index (χ0n) is 15.9. The van der Waals surface area contributed by atoms with Crippen LogP contribution in [0.2, 0.25) is 0 Å². The van der Waals surface area contributed by atoms with Crippen LogP contribution in [0.4, 0.5) is 4.79 Å². The molecule has 1 fully saturated rings. The second kappa shape index (κ2) is 9.03. The van der Waals surface area contributed by atoms with Gasteiger partial charge in [0.1, 0.15) is 0 Å². The number of carboxylic acid groups (broad SMARTS) is 1. The Hall–Kier alpha value is -1.08. The molecule has 1 saturated carbocycles. The molecule has 2 N–H and O–H groups in total. The Bertz CT molecular complexity index is 548. The topological polar surface area (TPSA) is 86.7 Å². The van der Waals surface area contributed by atoms with Gasteiger partial charge in [0.05, 0.1) is 0 Å². The highest BCUT2D eigenvalue weighted by Gasteiger charge is 2.63. The maximum atomic E-state index is 12.7. The molecule has 6 nitrogen and oxygen atoms in total. The molecule has 1 aliphatic carbocycles.